The number of rotatable bonds is 7. The second-order valence-electron chi connectivity index (χ2n) is 9.08. The molecular formula is C27H28N8O2. The van der Waals surface area contributed by atoms with Crippen molar-refractivity contribution in [1.29, 1.82) is 0 Å². The summed E-state index contributed by atoms with van der Waals surface area (Å²) in [4.78, 5) is 12.6. The van der Waals surface area contributed by atoms with E-state index in [0.29, 0.717) is 52.1 Å². The van der Waals surface area contributed by atoms with Gasteiger partial charge in [-0.2, -0.15) is 5.10 Å². The van der Waals surface area contributed by atoms with Crippen molar-refractivity contribution in [2.75, 3.05) is 31.6 Å². The highest BCUT2D eigenvalue weighted by Crippen LogP contribution is 2.37. The van der Waals surface area contributed by atoms with Crippen LogP contribution >= 0.6 is 0 Å². The van der Waals surface area contributed by atoms with Crippen molar-refractivity contribution < 1.29 is 23.2 Å². The molecule has 0 aliphatic carbocycles. The monoisotopic (exact) mass is 506 g/mol. The molecule has 0 saturated carbocycles. The molecule has 3 aliphatic rings. The van der Waals surface area contributed by atoms with E-state index in [4.69, 9.17) is 28.2 Å². The highest BCUT2D eigenvalue weighted by atomic mass is 16.5. The topological polar surface area (TPSA) is 96.7 Å². The second kappa shape index (κ2) is 8.74. The molecule has 37 heavy (non-hydrogen) atoms. The lowest BCUT2D eigenvalue weighted by Crippen LogP contribution is -2.68. The van der Waals surface area contributed by atoms with Crippen LogP contribution in [0.1, 0.15) is 32.5 Å². The van der Waals surface area contributed by atoms with E-state index in [2.05, 4.69) is 25.2 Å². The van der Waals surface area contributed by atoms with Crippen LogP contribution in [0, 0.1) is 0 Å². The molecule has 10 nitrogen and oxygen atoms in total. The SMILES string of the molecule is [2H]C([2H])([2H])Oc1ccc(C([2H])([2H])N2C3CC2CN(c2ccc(-c4cc(OC([2H])([2H])C([2H])([2H])[2H])cn5nc6[nH]ncc6c45)cn2)C3)cn1. The summed E-state index contributed by atoms with van der Waals surface area (Å²) < 4.78 is 89.5. The van der Waals surface area contributed by atoms with Gasteiger partial charge < -0.3 is 14.4 Å². The molecule has 188 valence electrons. The molecule has 8 rings (SSSR count). The van der Waals surface area contributed by atoms with Crippen molar-refractivity contribution in [1.82, 2.24) is 34.7 Å². The standard InChI is InChI=1S/C27H28N8O2/c1-3-37-21-9-22(26-23-12-30-31-27(23)32-35(26)16-21)18-5-6-24(28-11-18)33-14-19-8-20(15-33)34(19)13-17-4-7-25(36-2)29-10-17/h4-7,9-12,16,19-20H,3,8,13-15H2,1-2H3,(H,31,32)/i1D3,2D3,3D2,13D2. The molecule has 0 radical (unpaired) electrons. The van der Waals surface area contributed by atoms with E-state index < -0.39 is 26.9 Å². The highest BCUT2D eigenvalue weighted by Gasteiger charge is 2.44. The predicted molar refractivity (Wildman–Crippen MR) is 140 cm³/mol. The average Bonchev–Trinajstić information content (AvgIpc) is 3.57. The van der Waals surface area contributed by atoms with Crippen molar-refractivity contribution >= 4 is 22.4 Å². The van der Waals surface area contributed by atoms with Crippen molar-refractivity contribution in [3.63, 3.8) is 0 Å². The van der Waals surface area contributed by atoms with Crippen LogP contribution in [0.3, 0.4) is 0 Å². The van der Waals surface area contributed by atoms with Crippen molar-refractivity contribution in [2.45, 2.75) is 31.9 Å². The van der Waals surface area contributed by atoms with Crippen LogP contribution in [-0.4, -0.2) is 73.4 Å². The molecule has 2 bridgehead atoms. The third-order valence-electron chi connectivity index (χ3n) is 6.95. The van der Waals surface area contributed by atoms with Gasteiger partial charge in [0.05, 0.1) is 43.7 Å². The Morgan fingerprint density at radius 1 is 1.14 bits per heavy atom. The van der Waals surface area contributed by atoms with E-state index in [-0.39, 0.29) is 23.7 Å². The molecule has 5 aromatic heterocycles. The average molecular weight is 507 g/mol. The quantitative estimate of drug-likeness (QED) is 0.358. The third kappa shape index (κ3) is 3.75. The largest absolute Gasteiger partial charge is 0.492 e. The molecule has 10 heteroatoms. The molecule has 5 aromatic rings. The number of H-pyrrole nitrogens is 1. The van der Waals surface area contributed by atoms with E-state index in [0.717, 1.165) is 6.42 Å². The van der Waals surface area contributed by atoms with Gasteiger partial charge in [-0.3, -0.25) is 10.00 Å². The molecule has 2 unspecified atom stereocenters. The zero-order valence-corrected chi connectivity index (χ0v) is 19.4. The van der Waals surface area contributed by atoms with Crippen molar-refractivity contribution in [3.05, 3.63) is 60.7 Å². The second-order valence-corrected chi connectivity index (χ2v) is 9.08. The Balaban J connectivity index is 1.11. The van der Waals surface area contributed by atoms with E-state index >= 15 is 0 Å². The third-order valence-corrected chi connectivity index (χ3v) is 6.95. The van der Waals surface area contributed by atoms with E-state index in [1.165, 1.54) is 29.0 Å². The summed E-state index contributed by atoms with van der Waals surface area (Å²) in [6.45, 7) is -6.73. The minimum Gasteiger partial charge on any atom is -0.492 e. The number of piperidine rings is 1. The summed E-state index contributed by atoms with van der Waals surface area (Å²) in [5, 5.41) is 12.0. The number of hydrogen-bond donors (Lipinski definition) is 1. The summed E-state index contributed by atoms with van der Waals surface area (Å²) in [6, 6.07) is 7.92. The zero-order valence-electron chi connectivity index (χ0n) is 29.4. The van der Waals surface area contributed by atoms with Gasteiger partial charge in [-0.05, 0) is 37.0 Å². The Morgan fingerprint density at radius 3 is 2.86 bits per heavy atom. The Morgan fingerprint density at radius 2 is 2.08 bits per heavy atom. The lowest BCUT2D eigenvalue weighted by atomic mass is 9.87. The molecule has 0 spiro atoms. The number of aromatic nitrogens is 6. The Bertz CT molecular complexity index is 1930. The Hall–Kier alpha value is -4.18. The number of anilines is 1. The van der Waals surface area contributed by atoms with E-state index in [1.807, 2.05) is 17.0 Å². The number of nitrogens with one attached hydrogen (secondary N) is 1. The first-order chi connectivity index (χ1) is 22.0. The van der Waals surface area contributed by atoms with Crippen LogP contribution in [0.15, 0.2) is 55.1 Å². The van der Waals surface area contributed by atoms with Crippen LogP contribution in [0.5, 0.6) is 11.6 Å². The minimum absolute atomic E-state index is 0.0315. The molecule has 1 N–H and O–H groups in total. The van der Waals surface area contributed by atoms with Crippen LogP contribution in [-0.2, 0) is 6.50 Å². The summed E-state index contributed by atoms with van der Waals surface area (Å²) in [5.41, 5.74) is 2.67. The molecule has 3 saturated heterocycles. The first kappa shape index (κ1) is 13.9. The van der Waals surface area contributed by atoms with Gasteiger partial charge in [0.2, 0.25) is 5.88 Å². The van der Waals surface area contributed by atoms with Gasteiger partial charge in [-0.15, -0.1) is 5.10 Å². The number of hydrogen-bond acceptors (Lipinski definition) is 8. The van der Waals surface area contributed by atoms with Gasteiger partial charge in [-0.1, -0.05) is 6.07 Å². The normalized spacial score (nSPS) is 24.8. The minimum atomic E-state index is -3.02. The number of methoxy groups -OCH3 is 1. The lowest BCUT2D eigenvalue weighted by Gasteiger charge is -2.56. The number of fused-ring (bicyclic) bond motifs is 5. The van der Waals surface area contributed by atoms with Crippen molar-refractivity contribution in [2.24, 2.45) is 0 Å². The zero-order chi connectivity index (χ0) is 33.5. The van der Waals surface area contributed by atoms with Crippen LogP contribution in [0.25, 0.3) is 27.7 Å². The first-order valence-corrected chi connectivity index (χ1v) is 11.7. The maximum atomic E-state index is 8.86. The van der Waals surface area contributed by atoms with Gasteiger partial charge in [0.15, 0.2) is 5.65 Å². The van der Waals surface area contributed by atoms with Gasteiger partial charge in [0, 0.05) is 68.1 Å². The number of ether oxygens (including phenoxy) is 2. The Kier molecular flexibility index (Phi) is 3.29. The summed E-state index contributed by atoms with van der Waals surface area (Å²) in [5.74, 6) is 0.560. The molecule has 0 aromatic carbocycles. The van der Waals surface area contributed by atoms with Gasteiger partial charge in [0.1, 0.15) is 11.6 Å². The molecular weight excluding hydrogens is 468 g/mol. The van der Waals surface area contributed by atoms with E-state index in [1.54, 1.807) is 18.5 Å². The smallest absolute Gasteiger partial charge is 0.212 e. The number of aromatic amines is 1. The predicted octanol–water partition coefficient (Wildman–Crippen LogP) is 3.54. The highest BCUT2D eigenvalue weighted by molar-refractivity contribution is 6.00. The molecule has 8 heterocycles. The van der Waals surface area contributed by atoms with Gasteiger partial charge >= 0.3 is 0 Å². The van der Waals surface area contributed by atoms with E-state index in [9.17, 15) is 0 Å². The fourth-order valence-corrected chi connectivity index (χ4v) is 5.24. The first-order valence-electron chi connectivity index (χ1n) is 16.7. The molecule has 3 fully saturated rings. The fourth-order valence-electron chi connectivity index (χ4n) is 5.24. The van der Waals surface area contributed by atoms with Gasteiger partial charge in [0.25, 0.3) is 0 Å². The summed E-state index contributed by atoms with van der Waals surface area (Å²) in [6.07, 6.45) is 6.82. The van der Waals surface area contributed by atoms with Crippen LogP contribution in [0.4, 0.5) is 5.82 Å². The molecule has 3 aliphatic heterocycles. The number of pyridine rings is 3. The molecule has 2 atom stereocenters. The van der Waals surface area contributed by atoms with Crippen LogP contribution < -0.4 is 14.4 Å². The lowest BCUT2D eigenvalue weighted by molar-refractivity contribution is -0.00876. The number of piperazine rings is 1. The number of nitrogens with zero attached hydrogens (tertiary/aromatic N) is 7. The maximum Gasteiger partial charge on any atom is 0.212 e. The summed E-state index contributed by atoms with van der Waals surface area (Å²) >= 11 is 0. The van der Waals surface area contributed by atoms with Gasteiger partial charge in [-0.25, -0.2) is 14.5 Å². The fraction of sp³-hybridized carbons (Fsp3) is 0.333. The maximum absolute atomic E-state index is 8.86. The van der Waals surface area contributed by atoms with Crippen LogP contribution in [0.2, 0.25) is 0 Å². The summed E-state index contributed by atoms with van der Waals surface area (Å²) in [7, 11) is -2.65. The van der Waals surface area contributed by atoms with Crippen molar-refractivity contribution in [3.8, 4) is 22.8 Å². The molecule has 0 amide bonds. The Labute approximate surface area is 227 Å².